The minimum absolute atomic E-state index is 0.0336. The van der Waals surface area contributed by atoms with Crippen molar-refractivity contribution in [2.75, 3.05) is 5.75 Å². The van der Waals surface area contributed by atoms with Crippen LogP contribution in [-0.4, -0.2) is 21.1 Å². The Morgan fingerprint density at radius 3 is 2.96 bits per heavy atom. The van der Waals surface area contributed by atoms with Crippen molar-refractivity contribution < 1.29 is 9.21 Å². The lowest BCUT2D eigenvalue weighted by Crippen LogP contribution is -2.23. The van der Waals surface area contributed by atoms with Gasteiger partial charge in [-0.25, -0.2) is 4.98 Å². The number of aromatic nitrogens is 2. The maximum absolute atomic E-state index is 13.0. The second-order valence-electron chi connectivity index (χ2n) is 5.63. The average molecular weight is 403 g/mol. The highest BCUT2D eigenvalue weighted by molar-refractivity contribution is 7.99. The smallest absolute Gasteiger partial charge is 0.263 e. The van der Waals surface area contributed by atoms with Crippen molar-refractivity contribution in [1.29, 1.82) is 0 Å². The van der Waals surface area contributed by atoms with E-state index in [2.05, 4.69) is 4.98 Å². The zero-order valence-electron chi connectivity index (χ0n) is 13.8. The maximum atomic E-state index is 13.0. The highest BCUT2D eigenvalue weighted by atomic mass is 32.2. The summed E-state index contributed by atoms with van der Waals surface area (Å²) < 4.78 is 6.97. The molecule has 0 spiro atoms. The number of fused-ring (bicyclic) bond motifs is 1. The Balaban J connectivity index is 1.71. The number of rotatable bonds is 6. The van der Waals surface area contributed by atoms with Crippen LogP contribution < -0.4 is 5.56 Å². The molecule has 0 aliphatic carbocycles. The van der Waals surface area contributed by atoms with Gasteiger partial charge in [-0.05, 0) is 36.6 Å². The molecular weight excluding hydrogens is 388 g/mol. The molecule has 0 aliphatic rings. The van der Waals surface area contributed by atoms with E-state index in [0.29, 0.717) is 32.6 Å². The summed E-state index contributed by atoms with van der Waals surface area (Å²) in [5.74, 6) is 0.943. The topological polar surface area (TPSA) is 65.1 Å². The molecule has 0 N–H and O–H groups in total. The van der Waals surface area contributed by atoms with Gasteiger partial charge in [-0.1, -0.05) is 17.8 Å². The van der Waals surface area contributed by atoms with E-state index in [1.165, 1.54) is 34.4 Å². The quantitative estimate of drug-likeness (QED) is 0.271. The van der Waals surface area contributed by atoms with Gasteiger partial charge in [-0.3, -0.25) is 14.2 Å². The first-order chi connectivity index (χ1) is 12.6. The number of ketones is 1. The Morgan fingerprint density at radius 2 is 2.23 bits per heavy atom. The number of furan rings is 1. The van der Waals surface area contributed by atoms with Gasteiger partial charge in [0.15, 0.2) is 10.9 Å². The van der Waals surface area contributed by atoms with E-state index in [9.17, 15) is 9.59 Å². The van der Waals surface area contributed by atoms with Crippen LogP contribution in [0.2, 0.25) is 0 Å². The number of carbonyl (C=O) groups is 1. The molecule has 0 unspecified atom stereocenters. The van der Waals surface area contributed by atoms with E-state index in [1.54, 1.807) is 16.9 Å². The molecule has 0 amide bonds. The highest BCUT2D eigenvalue weighted by Crippen LogP contribution is 2.25. The molecule has 0 bridgehead atoms. The van der Waals surface area contributed by atoms with Crippen LogP contribution in [0.5, 0.6) is 0 Å². The van der Waals surface area contributed by atoms with Gasteiger partial charge >= 0.3 is 0 Å². The molecule has 4 heterocycles. The molecule has 0 radical (unpaired) electrons. The molecule has 0 saturated heterocycles. The van der Waals surface area contributed by atoms with Crippen molar-refractivity contribution >= 4 is 50.4 Å². The van der Waals surface area contributed by atoms with Gasteiger partial charge in [0.25, 0.3) is 5.56 Å². The maximum Gasteiger partial charge on any atom is 0.263 e. The summed E-state index contributed by atoms with van der Waals surface area (Å²) in [6, 6.07) is 9.13. The summed E-state index contributed by atoms with van der Waals surface area (Å²) in [7, 11) is 0. The third kappa shape index (κ3) is 3.40. The predicted octanol–water partition coefficient (Wildman–Crippen LogP) is 4.44. The van der Waals surface area contributed by atoms with Gasteiger partial charge in [-0.2, -0.15) is 0 Å². The monoisotopic (exact) mass is 402 g/mol. The summed E-state index contributed by atoms with van der Waals surface area (Å²) in [5, 5.41) is 3.02. The standard InChI is InChI=1S/C18H14N2O3S3/c1-11-8-13-16(26-11)19-18(25-10-14(21)15-5-3-7-24-15)20(17(13)22)9-12-4-2-6-23-12/h2-8H,9-10H2,1H3. The van der Waals surface area contributed by atoms with E-state index in [1.807, 2.05) is 36.6 Å². The SMILES string of the molecule is Cc1cc2c(=O)n(Cc3ccco3)c(SCC(=O)c3cccs3)nc2s1. The molecule has 4 rings (SSSR count). The fourth-order valence-corrected chi connectivity index (χ4v) is 5.12. The number of nitrogens with zero attached hydrogens (tertiary/aromatic N) is 2. The minimum atomic E-state index is -0.109. The van der Waals surface area contributed by atoms with E-state index in [4.69, 9.17) is 4.42 Å². The molecule has 0 saturated carbocycles. The van der Waals surface area contributed by atoms with Crippen LogP contribution in [0.1, 0.15) is 20.3 Å². The Morgan fingerprint density at radius 1 is 1.35 bits per heavy atom. The molecular formula is C18H14N2O3S3. The zero-order chi connectivity index (χ0) is 18.1. The first-order valence-electron chi connectivity index (χ1n) is 7.84. The molecule has 0 aliphatic heterocycles. The van der Waals surface area contributed by atoms with Crippen LogP contribution in [0.15, 0.2) is 56.3 Å². The van der Waals surface area contributed by atoms with Crippen molar-refractivity contribution in [1.82, 2.24) is 9.55 Å². The van der Waals surface area contributed by atoms with Gasteiger partial charge < -0.3 is 4.42 Å². The molecule has 5 nitrogen and oxygen atoms in total. The molecule has 0 fully saturated rings. The first-order valence-corrected chi connectivity index (χ1v) is 10.5. The molecule has 0 aromatic carbocycles. The third-order valence-electron chi connectivity index (χ3n) is 3.76. The second-order valence-corrected chi connectivity index (χ2v) is 8.76. The second kappa shape index (κ2) is 7.22. The largest absolute Gasteiger partial charge is 0.467 e. The first kappa shape index (κ1) is 17.3. The van der Waals surface area contributed by atoms with Crippen molar-refractivity contribution in [3.63, 3.8) is 0 Å². The number of thioether (sulfide) groups is 1. The number of aryl methyl sites for hydroxylation is 1. The molecule has 0 atom stereocenters. The van der Waals surface area contributed by atoms with Crippen LogP contribution in [0, 0.1) is 6.92 Å². The Labute approximate surface area is 161 Å². The zero-order valence-corrected chi connectivity index (χ0v) is 16.2. The predicted molar refractivity (Wildman–Crippen MR) is 106 cm³/mol. The van der Waals surface area contributed by atoms with E-state index >= 15 is 0 Å². The number of carbonyl (C=O) groups excluding carboxylic acids is 1. The van der Waals surface area contributed by atoms with E-state index in [-0.39, 0.29) is 17.1 Å². The summed E-state index contributed by atoms with van der Waals surface area (Å²) in [5.41, 5.74) is -0.109. The molecule has 26 heavy (non-hydrogen) atoms. The summed E-state index contributed by atoms with van der Waals surface area (Å²) in [6.07, 6.45) is 1.58. The van der Waals surface area contributed by atoms with Gasteiger partial charge in [0.05, 0.1) is 28.8 Å². The molecule has 8 heteroatoms. The Kier molecular flexibility index (Phi) is 4.80. The average Bonchev–Trinajstić information content (AvgIpc) is 3.36. The Hall–Kier alpha value is -2.16. The van der Waals surface area contributed by atoms with Crippen molar-refractivity contribution in [3.05, 3.63) is 67.8 Å². The number of thiophene rings is 2. The fourth-order valence-electron chi connectivity index (χ4n) is 2.56. The lowest BCUT2D eigenvalue weighted by atomic mass is 10.3. The van der Waals surface area contributed by atoms with E-state index < -0.39 is 0 Å². The van der Waals surface area contributed by atoms with Gasteiger partial charge in [0.2, 0.25) is 0 Å². The number of hydrogen-bond donors (Lipinski definition) is 0. The van der Waals surface area contributed by atoms with Gasteiger partial charge in [-0.15, -0.1) is 22.7 Å². The molecule has 4 aromatic heterocycles. The number of Topliss-reactive ketones (excluding diaryl/α,β-unsaturated/α-hetero) is 1. The Bertz CT molecular complexity index is 1110. The van der Waals surface area contributed by atoms with Gasteiger partial charge in [0, 0.05) is 4.88 Å². The molecule has 4 aromatic rings. The molecule has 132 valence electrons. The van der Waals surface area contributed by atoms with Crippen LogP contribution in [-0.2, 0) is 6.54 Å². The highest BCUT2D eigenvalue weighted by Gasteiger charge is 2.17. The van der Waals surface area contributed by atoms with Crippen LogP contribution in [0.4, 0.5) is 0 Å². The van der Waals surface area contributed by atoms with Crippen LogP contribution >= 0.6 is 34.4 Å². The third-order valence-corrected chi connectivity index (χ3v) is 6.59. The summed E-state index contributed by atoms with van der Waals surface area (Å²) in [6.45, 7) is 2.25. The van der Waals surface area contributed by atoms with Crippen molar-refractivity contribution in [2.45, 2.75) is 18.6 Å². The summed E-state index contributed by atoms with van der Waals surface area (Å²) >= 11 is 4.19. The number of hydrogen-bond acceptors (Lipinski definition) is 7. The minimum Gasteiger partial charge on any atom is -0.467 e. The van der Waals surface area contributed by atoms with Gasteiger partial charge in [0.1, 0.15) is 10.6 Å². The van der Waals surface area contributed by atoms with Crippen molar-refractivity contribution in [2.24, 2.45) is 0 Å². The van der Waals surface area contributed by atoms with Crippen molar-refractivity contribution in [3.8, 4) is 0 Å². The fraction of sp³-hybridized carbons (Fsp3) is 0.167. The normalized spacial score (nSPS) is 11.3. The summed E-state index contributed by atoms with van der Waals surface area (Å²) in [4.78, 5) is 32.4. The van der Waals surface area contributed by atoms with Crippen LogP contribution in [0.25, 0.3) is 10.2 Å². The van der Waals surface area contributed by atoms with Crippen LogP contribution in [0.3, 0.4) is 0 Å². The lowest BCUT2D eigenvalue weighted by molar-refractivity contribution is 0.102. The van der Waals surface area contributed by atoms with E-state index in [0.717, 1.165) is 4.88 Å². The lowest BCUT2D eigenvalue weighted by Gasteiger charge is -2.10.